The van der Waals surface area contributed by atoms with E-state index >= 15 is 0 Å². The molecule has 2 heterocycles. The maximum atomic E-state index is 4.57. The van der Waals surface area contributed by atoms with Crippen LogP contribution in [0.4, 0.5) is 0 Å². The average Bonchev–Trinajstić information content (AvgIpc) is 2.86. The molecule has 0 bridgehead atoms. The maximum absolute atomic E-state index is 4.57. The van der Waals surface area contributed by atoms with Crippen molar-refractivity contribution in [3.8, 4) is 5.82 Å². The standard InChI is InChI=1S/C14H13IN4/c1-16-6-10-7-17-14(19-9-11(15)8-18-19)13-5-3-2-4-12(10)13/h2-5,7-9,16H,6H2,1H3. The highest BCUT2D eigenvalue weighted by Gasteiger charge is 2.09. The van der Waals surface area contributed by atoms with Crippen molar-refractivity contribution in [1.29, 1.82) is 0 Å². The summed E-state index contributed by atoms with van der Waals surface area (Å²) in [6, 6.07) is 8.30. The normalized spacial score (nSPS) is 11.1. The smallest absolute Gasteiger partial charge is 0.161 e. The molecule has 2 aromatic heterocycles. The molecule has 3 rings (SSSR count). The van der Waals surface area contributed by atoms with E-state index in [2.05, 4.69) is 56.2 Å². The van der Waals surface area contributed by atoms with Crippen molar-refractivity contribution < 1.29 is 0 Å². The topological polar surface area (TPSA) is 42.7 Å². The van der Waals surface area contributed by atoms with Crippen LogP contribution < -0.4 is 5.32 Å². The van der Waals surface area contributed by atoms with Crippen LogP contribution in [0.25, 0.3) is 16.6 Å². The number of hydrogen-bond acceptors (Lipinski definition) is 3. The molecule has 0 aliphatic carbocycles. The van der Waals surface area contributed by atoms with E-state index in [1.807, 2.05) is 36.4 Å². The van der Waals surface area contributed by atoms with Gasteiger partial charge >= 0.3 is 0 Å². The average molecular weight is 364 g/mol. The molecule has 0 aliphatic heterocycles. The molecule has 4 nitrogen and oxygen atoms in total. The van der Waals surface area contributed by atoms with Crippen LogP contribution in [-0.4, -0.2) is 21.8 Å². The van der Waals surface area contributed by atoms with Gasteiger partial charge in [-0.05, 0) is 40.6 Å². The first-order valence-corrected chi connectivity index (χ1v) is 7.09. The molecule has 0 aliphatic rings. The Morgan fingerprint density at radius 2 is 2.00 bits per heavy atom. The monoisotopic (exact) mass is 364 g/mol. The van der Waals surface area contributed by atoms with Gasteiger partial charge in [-0.3, -0.25) is 0 Å². The minimum atomic E-state index is 0.810. The van der Waals surface area contributed by atoms with E-state index in [0.717, 1.165) is 21.3 Å². The summed E-state index contributed by atoms with van der Waals surface area (Å²) in [5, 5.41) is 9.85. The Labute approximate surface area is 125 Å². The zero-order valence-corrected chi connectivity index (χ0v) is 12.6. The van der Waals surface area contributed by atoms with Gasteiger partial charge in [0.25, 0.3) is 0 Å². The van der Waals surface area contributed by atoms with Gasteiger partial charge in [0.1, 0.15) is 0 Å². The lowest BCUT2D eigenvalue weighted by atomic mass is 10.1. The van der Waals surface area contributed by atoms with Crippen LogP contribution in [0.1, 0.15) is 5.56 Å². The van der Waals surface area contributed by atoms with E-state index < -0.39 is 0 Å². The fourth-order valence-electron chi connectivity index (χ4n) is 2.17. The van der Waals surface area contributed by atoms with Crippen molar-refractivity contribution in [2.75, 3.05) is 7.05 Å². The third-order valence-electron chi connectivity index (χ3n) is 2.99. The van der Waals surface area contributed by atoms with Crippen LogP contribution in [0.5, 0.6) is 0 Å². The minimum absolute atomic E-state index is 0.810. The SMILES string of the molecule is CNCc1cnc(-n2cc(I)cn2)c2ccccc12. The van der Waals surface area contributed by atoms with Gasteiger partial charge in [0.05, 0.1) is 9.77 Å². The molecule has 19 heavy (non-hydrogen) atoms. The van der Waals surface area contributed by atoms with Gasteiger partial charge in [0.15, 0.2) is 5.82 Å². The maximum Gasteiger partial charge on any atom is 0.161 e. The van der Waals surface area contributed by atoms with Gasteiger partial charge < -0.3 is 5.32 Å². The number of benzene rings is 1. The number of halogens is 1. The van der Waals surface area contributed by atoms with Crippen LogP contribution in [0, 0.1) is 3.57 Å². The van der Waals surface area contributed by atoms with Crippen LogP contribution in [-0.2, 0) is 6.54 Å². The summed E-state index contributed by atoms with van der Waals surface area (Å²) in [6.07, 6.45) is 5.73. The molecule has 5 heteroatoms. The van der Waals surface area contributed by atoms with E-state index in [0.29, 0.717) is 0 Å². The van der Waals surface area contributed by atoms with Gasteiger partial charge in [0.2, 0.25) is 0 Å². The molecule has 0 atom stereocenters. The number of aromatic nitrogens is 3. The van der Waals surface area contributed by atoms with E-state index in [9.17, 15) is 0 Å². The summed E-state index contributed by atoms with van der Waals surface area (Å²) in [5.41, 5.74) is 1.20. The van der Waals surface area contributed by atoms with Crippen molar-refractivity contribution in [3.05, 3.63) is 52.0 Å². The molecular weight excluding hydrogens is 351 g/mol. The summed E-state index contributed by atoms with van der Waals surface area (Å²) in [5.74, 6) is 0.873. The van der Waals surface area contributed by atoms with E-state index in [-0.39, 0.29) is 0 Å². The summed E-state index contributed by atoms with van der Waals surface area (Å²) in [4.78, 5) is 4.57. The summed E-state index contributed by atoms with van der Waals surface area (Å²) >= 11 is 2.25. The quantitative estimate of drug-likeness (QED) is 0.727. The predicted molar refractivity (Wildman–Crippen MR) is 84.3 cm³/mol. The van der Waals surface area contributed by atoms with E-state index in [1.165, 1.54) is 10.9 Å². The van der Waals surface area contributed by atoms with Gasteiger partial charge in [-0.25, -0.2) is 9.67 Å². The van der Waals surface area contributed by atoms with Crippen molar-refractivity contribution in [3.63, 3.8) is 0 Å². The fourth-order valence-corrected chi connectivity index (χ4v) is 2.56. The molecule has 0 unspecified atom stereocenters. The Bertz CT molecular complexity index is 720. The number of pyridine rings is 1. The second kappa shape index (κ2) is 5.26. The van der Waals surface area contributed by atoms with Crippen molar-refractivity contribution in [2.24, 2.45) is 0 Å². The Balaban J connectivity index is 2.24. The Morgan fingerprint density at radius 3 is 2.68 bits per heavy atom. The Kier molecular flexibility index (Phi) is 3.48. The first-order valence-electron chi connectivity index (χ1n) is 6.01. The molecule has 0 radical (unpaired) electrons. The van der Waals surface area contributed by atoms with Gasteiger partial charge in [0, 0.05) is 24.3 Å². The number of hydrogen-bond donors (Lipinski definition) is 1. The number of nitrogens with one attached hydrogen (secondary N) is 1. The summed E-state index contributed by atoms with van der Waals surface area (Å²) in [7, 11) is 1.94. The van der Waals surface area contributed by atoms with Crippen LogP contribution in [0.3, 0.4) is 0 Å². The second-order valence-electron chi connectivity index (χ2n) is 4.29. The molecule has 0 fully saturated rings. The number of rotatable bonds is 3. The number of fused-ring (bicyclic) bond motifs is 1. The molecule has 0 saturated heterocycles. The third-order valence-corrected chi connectivity index (χ3v) is 3.55. The lowest BCUT2D eigenvalue weighted by Gasteiger charge is -2.10. The van der Waals surface area contributed by atoms with Gasteiger partial charge in [-0.2, -0.15) is 5.10 Å². The second-order valence-corrected chi connectivity index (χ2v) is 5.53. The van der Waals surface area contributed by atoms with Crippen molar-refractivity contribution >= 4 is 33.4 Å². The lowest BCUT2D eigenvalue weighted by Crippen LogP contribution is -2.08. The highest BCUT2D eigenvalue weighted by atomic mass is 127. The van der Waals surface area contributed by atoms with Crippen LogP contribution >= 0.6 is 22.6 Å². The van der Waals surface area contributed by atoms with Crippen LogP contribution in [0.2, 0.25) is 0 Å². The van der Waals surface area contributed by atoms with Crippen molar-refractivity contribution in [1.82, 2.24) is 20.1 Å². The zero-order chi connectivity index (χ0) is 13.2. The fraction of sp³-hybridized carbons (Fsp3) is 0.143. The molecule has 0 amide bonds. The predicted octanol–water partition coefficient (Wildman–Crippen LogP) is 2.74. The molecule has 1 N–H and O–H groups in total. The van der Waals surface area contributed by atoms with Crippen LogP contribution in [0.15, 0.2) is 42.9 Å². The van der Waals surface area contributed by atoms with Crippen molar-refractivity contribution in [2.45, 2.75) is 6.54 Å². The summed E-state index contributed by atoms with van der Waals surface area (Å²) in [6.45, 7) is 0.810. The molecular formula is C14H13IN4. The minimum Gasteiger partial charge on any atom is -0.316 e. The highest BCUT2D eigenvalue weighted by Crippen LogP contribution is 2.23. The Hall–Kier alpha value is -1.47. The van der Waals surface area contributed by atoms with Gasteiger partial charge in [-0.1, -0.05) is 24.3 Å². The van der Waals surface area contributed by atoms with E-state index in [4.69, 9.17) is 0 Å². The molecule has 0 spiro atoms. The van der Waals surface area contributed by atoms with E-state index in [1.54, 1.807) is 0 Å². The first-order chi connectivity index (χ1) is 9.29. The number of nitrogens with zero attached hydrogens (tertiary/aromatic N) is 3. The summed E-state index contributed by atoms with van der Waals surface area (Å²) < 4.78 is 2.93. The molecule has 1 aromatic carbocycles. The zero-order valence-electron chi connectivity index (χ0n) is 10.5. The lowest BCUT2D eigenvalue weighted by molar-refractivity contribution is 0.811. The van der Waals surface area contributed by atoms with Gasteiger partial charge in [-0.15, -0.1) is 0 Å². The molecule has 96 valence electrons. The molecule has 0 saturated carbocycles. The highest BCUT2D eigenvalue weighted by molar-refractivity contribution is 14.1. The Morgan fingerprint density at radius 1 is 1.21 bits per heavy atom. The largest absolute Gasteiger partial charge is 0.316 e. The molecule has 3 aromatic rings. The first kappa shape index (κ1) is 12.6. The third kappa shape index (κ3) is 2.35.